The number of carboxylic acids is 1. The molecule has 1 aliphatic rings. The van der Waals surface area contributed by atoms with E-state index in [1.54, 1.807) is 11.3 Å². The summed E-state index contributed by atoms with van der Waals surface area (Å²) in [6.45, 7) is 1.46. The number of rotatable bonds is 4. The fourth-order valence-corrected chi connectivity index (χ4v) is 4.12. The zero-order valence-electron chi connectivity index (χ0n) is 13.8. The molecule has 128 valence electrons. The summed E-state index contributed by atoms with van der Waals surface area (Å²) in [5, 5.41) is 12.1. The van der Waals surface area contributed by atoms with E-state index < -0.39 is 5.97 Å². The van der Waals surface area contributed by atoms with Crippen LogP contribution in [0.15, 0.2) is 29.6 Å². The van der Waals surface area contributed by atoms with Crippen molar-refractivity contribution in [1.29, 1.82) is 0 Å². The maximum Gasteiger partial charge on any atom is 0.317 e. The average molecular weight is 346 g/mol. The number of aliphatic carboxylic acids is 1. The first kappa shape index (κ1) is 16.9. The Bertz CT molecular complexity index is 743. The number of likely N-dealkylation sites (tertiary alicyclic amines) is 1. The second-order valence-corrected chi connectivity index (χ2v) is 7.31. The van der Waals surface area contributed by atoms with Gasteiger partial charge in [0.15, 0.2) is 0 Å². The molecule has 2 aromatic rings. The van der Waals surface area contributed by atoms with Crippen molar-refractivity contribution in [3.05, 3.63) is 35.2 Å². The van der Waals surface area contributed by atoms with E-state index in [4.69, 9.17) is 5.11 Å². The first-order chi connectivity index (χ1) is 11.5. The molecule has 1 aliphatic heterocycles. The lowest BCUT2D eigenvalue weighted by molar-refractivity contribution is -0.138. The number of carbonyl (C=O) groups is 2. The van der Waals surface area contributed by atoms with Crippen molar-refractivity contribution in [3.8, 4) is 0 Å². The average Bonchev–Trinajstić information content (AvgIpc) is 2.87. The summed E-state index contributed by atoms with van der Waals surface area (Å²) in [4.78, 5) is 27.5. The first-order valence-corrected chi connectivity index (χ1v) is 9.11. The first-order valence-electron chi connectivity index (χ1n) is 8.23. The quantitative estimate of drug-likeness (QED) is 0.925. The van der Waals surface area contributed by atoms with Gasteiger partial charge in [-0.05, 0) is 61.3 Å². The molecule has 6 heteroatoms. The van der Waals surface area contributed by atoms with Crippen molar-refractivity contribution >= 4 is 33.3 Å². The van der Waals surface area contributed by atoms with Gasteiger partial charge in [0.05, 0.1) is 6.54 Å². The maximum atomic E-state index is 12.8. The summed E-state index contributed by atoms with van der Waals surface area (Å²) >= 11 is 1.68. The molecule has 1 fully saturated rings. The lowest BCUT2D eigenvalue weighted by Gasteiger charge is -2.25. The molecule has 0 aliphatic carbocycles. The second kappa shape index (κ2) is 7.32. The third-order valence-electron chi connectivity index (χ3n) is 4.69. The molecule has 0 spiro atoms. The number of benzene rings is 1. The summed E-state index contributed by atoms with van der Waals surface area (Å²) in [7, 11) is 1.85. The largest absolute Gasteiger partial charge is 0.480 e. The number of fused-ring (bicyclic) bond motifs is 1. The molecule has 0 saturated carbocycles. The molecule has 1 atom stereocenters. The van der Waals surface area contributed by atoms with E-state index >= 15 is 0 Å². The summed E-state index contributed by atoms with van der Waals surface area (Å²) in [6, 6.07) is 8.14. The fraction of sp³-hybridized carbons (Fsp3) is 0.444. The molecule has 1 aromatic heterocycles. The third-order valence-corrected chi connectivity index (χ3v) is 5.59. The van der Waals surface area contributed by atoms with Gasteiger partial charge in [-0.25, -0.2) is 0 Å². The van der Waals surface area contributed by atoms with Crippen LogP contribution in [0.5, 0.6) is 0 Å². The molecule has 1 aromatic carbocycles. The minimum absolute atomic E-state index is 0.0490. The summed E-state index contributed by atoms with van der Waals surface area (Å²) in [6.07, 6.45) is 2.65. The predicted molar refractivity (Wildman–Crippen MR) is 95.6 cm³/mol. The number of carbonyl (C=O) groups excluding carboxylic acids is 1. The molecule has 24 heavy (non-hydrogen) atoms. The summed E-state index contributed by atoms with van der Waals surface area (Å²) < 4.78 is 1.19. The van der Waals surface area contributed by atoms with Gasteiger partial charge in [-0.3, -0.25) is 14.5 Å². The van der Waals surface area contributed by atoms with Crippen molar-refractivity contribution in [2.75, 3.05) is 26.7 Å². The van der Waals surface area contributed by atoms with Gasteiger partial charge in [-0.2, -0.15) is 0 Å². The van der Waals surface area contributed by atoms with E-state index in [-0.39, 0.29) is 18.5 Å². The molecule has 1 amide bonds. The molecule has 1 N–H and O–H groups in total. The number of carboxylic acid groups (broad SMARTS) is 1. The van der Waals surface area contributed by atoms with Crippen molar-refractivity contribution in [1.82, 2.24) is 9.80 Å². The number of amides is 1. The predicted octanol–water partition coefficient (Wildman–Crippen LogP) is 2.91. The SMILES string of the molecule is CN(CC(=O)O)C1CCCN(C(=O)c2ccc3sccc3c2)CC1. The van der Waals surface area contributed by atoms with Crippen LogP contribution in [0.4, 0.5) is 0 Å². The van der Waals surface area contributed by atoms with E-state index in [2.05, 4.69) is 0 Å². The van der Waals surface area contributed by atoms with Crippen LogP contribution in [0.1, 0.15) is 29.6 Å². The highest BCUT2D eigenvalue weighted by Crippen LogP contribution is 2.23. The molecule has 5 nitrogen and oxygen atoms in total. The Kier molecular flexibility index (Phi) is 5.16. The van der Waals surface area contributed by atoms with E-state index in [9.17, 15) is 9.59 Å². The standard InChI is InChI=1S/C18H22N2O3S/c1-19(12-17(21)22)15-3-2-8-20(9-6-15)18(23)14-4-5-16-13(11-14)7-10-24-16/h4-5,7,10-11,15H,2-3,6,8-9,12H2,1H3,(H,21,22). The van der Waals surface area contributed by atoms with Crippen molar-refractivity contribution < 1.29 is 14.7 Å². The molecule has 1 saturated heterocycles. The van der Waals surface area contributed by atoms with Gasteiger partial charge in [0.1, 0.15) is 0 Å². The van der Waals surface area contributed by atoms with Gasteiger partial charge in [0.25, 0.3) is 5.91 Å². The zero-order valence-corrected chi connectivity index (χ0v) is 14.6. The molecular formula is C18H22N2O3S. The van der Waals surface area contributed by atoms with Gasteiger partial charge in [-0.15, -0.1) is 11.3 Å². The molecule has 3 rings (SSSR count). The van der Waals surface area contributed by atoms with Crippen LogP contribution in [-0.4, -0.2) is 59.5 Å². The number of likely N-dealkylation sites (N-methyl/N-ethyl adjacent to an activating group) is 1. The van der Waals surface area contributed by atoms with E-state index in [0.717, 1.165) is 36.8 Å². The minimum Gasteiger partial charge on any atom is -0.480 e. The van der Waals surface area contributed by atoms with Crippen LogP contribution in [-0.2, 0) is 4.79 Å². The van der Waals surface area contributed by atoms with Gasteiger partial charge in [0.2, 0.25) is 0 Å². The molecular weight excluding hydrogens is 324 g/mol. The van der Waals surface area contributed by atoms with Gasteiger partial charge >= 0.3 is 5.97 Å². The molecule has 0 bridgehead atoms. The van der Waals surface area contributed by atoms with Crippen LogP contribution >= 0.6 is 11.3 Å². The van der Waals surface area contributed by atoms with Crippen molar-refractivity contribution in [2.24, 2.45) is 0 Å². The lowest BCUT2D eigenvalue weighted by atomic mass is 10.1. The Morgan fingerprint density at radius 2 is 2.12 bits per heavy atom. The Morgan fingerprint density at radius 1 is 1.29 bits per heavy atom. The second-order valence-electron chi connectivity index (χ2n) is 6.36. The highest BCUT2D eigenvalue weighted by Gasteiger charge is 2.24. The summed E-state index contributed by atoms with van der Waals surface area (Å²) in [5.41, 5.74) is 0.734. The van der Waals surface area contributed by atoms with E-state index in [0.29, 0.717) is 6.54 Å². The van der Waals surface area contributed by atoms with Crippen LogP contribution in [0.3, 0.4) is 0 Å². The highest BCUT2D eigenvalue weighted by molar-refractivity contribution is 7.17. The summed E-state index contributed by atoms with van der Waals surface area (Å²) in [5.74, 6) is -0.733. The van der Waals surface area contributed by atoms with Crippen LogP contribution in [0, 0.1) is 0 Å². The van der Waals surface area contributed by atoms with Crippen LogP contribution in [0.25, 0.3) is 10.1 Å². The Labute approximate surface area is 145 Å². The Balaban J connectivity index is 1.66. The number of nitrogens with zero attached hydrogens (tertiary/aromatic N) is 2. The van der Waals surface area contributed by atoms with Crippen LogP contribution in [0.2, 0.25) is 0 Å². The van der Waals surface area contributed by atoms with Crippen molar-refractivity contribution in [2.45, 2.75) is 25.3 Å². The number of hydrogen-bond donors (Lipinski definition) is 1. The third kappa shape index (κ3) is 3.76. The maximum absolute atomic E-state index is 12.8. The fourth-order valence-electron chi connectivity index (χ4n) is 3.35. The van der Waals surface area contributed by atoms with Gasteiger partial charge < -0.3 is 10.0 Å². The zero-order chi connectivity index (χ0) is 17.1. The molecule has 0 radical (unpaired) electrons. The number of thiophene rings is 1. The monoisotopic (exact) mass is 346 g/mol. The van der Waals surface area contributed by atoms with Crippen LogP contribution < -0.4 is 0 Å². The number of hydrogen-bond acceptors (Lipinski definition) is 4. The highest BCUT2D eigenvalue weighted by atomic mass is 32.1. The Morgan fingerprint density at radius 3 is 2.92 bits per heavy atom. The molecule has 1 unspecified atom stereocenters. The lowest BCUT2D eigenvalue weighted by Crippen LogP contribution is -2.37. The smallest absolute Gasteiger partial charge is 0.317 e. The minimum atomic E-state index is -0.807. The Hall–Kier alpha value is -1.92. The van der Waals surface area contributed by atoms with Gasteiger partial charge in [-0.1, -0.05) is 0 Å². The van der Waals surface area contributed by atoms with E-state index in [1.807, 2.05) is 46.5 Å². The van der Waals surface area contributed by atoms with Gasteiger partial charge in [0, 0.05) is 29.4 Å². The molecule has 2 heterocycles. The van der Waals surface area contributed by atoms with E-state index in [1.165, 1.54) is 4.70 Å². The van der Waals surface area contributed by atoms with Crippen molar-refractivity contribution in [3.63, 3.8) is 0 Å². The topological polar surface area (TPSA) is 60.9 Å². The normalized spacial score (nSPS) is 18.8.